The molecule has 0 unspecified atom stereocenters. The smallest absolute Gasteiger partial charge is 0.255 e. The largest absolute Gasteiger partial charge is 0.392 e. The lowest BCUT2D eigenvalue weighted by molar-refractivity contribution is 0.102. The zero-order valence-corrected chi connectivity index (χ0v) is 11.8. The summed E-state index contributed by atoms with van der Waals surface area (Å²) in [6.45, 7) is 1.93. The van der Waals surface area contributed by atoms with Crippen molar-refractivity contribution in [2.45, 2.75) is 20.0 Å². The molecule has 1 amide bonds. The van der Waals surface area contributed by atoms with Gasteiger partial charge in [-0.2, -0.15) is 0 Å². The van der Waals surface area contributed by atoms with E-state index in [1.54, 1.807) is 36.4 Å². The number of hydrogen-bond donors (Lipinski definition) is 4. The molecule has 0 aliphatic rings. The van der Waals surface area contributed by atoms with Crippen molar-refractivity contribution >= 4 is 17.4 Å². The number of carbonyl (C=O) groups excluding carboxylic acids is 1. The van der Waals surface area contributed by atoms with Gasteiger partial charge in [-0.1, -0.05) is 19.1 Å². The first kappa shape index (κ1) is 15.0. The summed E-state index contributed by atoms with van der Waals surface area (Å²) in [4.78, 5) is 16.5. The number of nitrogens with zero attached hydrogens (tertiary/aromatic N) is 1. The third kappa shape index (κ3) is 3.77. The van der Waals surface area contributed by atoms with Gasteiger partial charge in [-0.3, -0.25) is 4.79 Å². The number of rotatable bonds is 5. The van der Waals surface area contributed by atoms with E-state index in [4.69, 9.17) is 10.9 Å². The Kier molecular flexibility index (Phi) is 4.86. The fourth-order valence-electron chi connectivity index (χ4n) is 1.87. The summed E-state index contributed by atoms with van der Waals surface area (Å²) < 4.78 is 0. The summed E-state index contributed by atoms with van der Waals surface area (Å²) in [7, 11) is 0. The molecule has 2 rings (SSSR count). The molecule has 0 saturated carbocycles. The van der Waals surface area contributed by atoms with Gasteiger partial charge in [-0.25, -0.2) is 10.8 Å². The first-order valence-corrected chi connectivity index (χ1v) is 6.65. The fraction of sp³-hybridized carbons (Fsp3) is 0.200. The molecule has 2 aromatic rings. The maximum absolute atomic E-state index is 12.2. The van der Waals surface area contributed by atoms with Crippen LogP contribution in [0.3, 0.4) is 0 Å². The molecule has 5 N–H and O–H groups in total. The molecule has 110 valence electrons. The van der Waals surface area contributed by atoms with E-state index in [-0.39, 0.29) is 12.5 Å². The quantitative estimate of drug-likeness (QED) is 0.495. The number of aromatic nitrogens is 1. The van der Waals surface area contributed by atoms with Crippen LogP contribution in [0.2, 0.25) is 0 Å². The van der Waals surface area contributed by atoms with Gasteiger partial charge >= 0.3 is 0 Å². The van der Waals surface area contributed by atoms with Crippen molar-refractivity contribution < 1.29 is 9.90 Å². The zero-order valence-electron chi connectivity index (χ0n) is 11.8. The van der Waals surface area contributed by atoms with Crippen molar-refractivity contribution in [2.75, 3.05) is 10.7 Å². The van der Waals surface area contributed by atoms with E-state index < -0.39 is 0 Å². The number of anilines is 2. The number of aliphatic hydroxyl groups excluding tert-OH is 1. The van der Waals surface area contributed by atoms with Crippen LogP contribution < -0.4 is 16.6 Å². The van der Waals surface area contributed by atoms with Gasteiger partial charge in [-0.15, -0.1) is 0 Å². The summed E-state index contributed by atoms with van der Waals surface area (Å²) in [6, 6.07) is 10.3. The standard InChI is InChI=1S/C15H18N4O2/c1-2-12-7-11(8-14(17-12)19-16)15(21)18-13-5-3-10(9-20)4-6-13/h3-8,20H,2,9,16H2,1H3,(H,17,19)(H,18,21). The number of hydrogen-bond acceptors (Lipinski definition) is 5. The second kappa shape index (κ2) is 6.83. The number of pyridine rings is 1. The second-order valence-corrected chi connectivity index (χ2v) is 4.54. The molecule has 0 radical (unpaired) electrons. The lowest BCUT2D eigenvalue weighted by Crippen LogP contribution is -2.15. The summed E-state index contributed by atoms with van der Waals surface area (Å²) in [5.74, 6) is 5.58. The Balaban J connectivity index is 2.18. The second-order valence-electron chi connectivity index (χ2n) is 4.54. The molecule has 21 heavy (non-hydrogen) atoms. The minimum Gasteiger partial charge on any atom is -0.392 e. The molecule has 0 atom stereocenters. The van der Waals surface area contributed by atoms with Crippen molar-refractivity contribution in [3.05, 3.63) is 53.2 Å². The van der Waals surface area contributed by atoms with Gasteiger partial charge in [0.05, 0.1) is 6.61 Å². The maximum Gasteiger partial charge on any atom is 0.255 e. The average molecular weight is 286 g/mol. The molecule has 1 heterocycles. The number of hydrazine groups is 1. The average Bonchev–Trinajstić information content (AvgIpc) is 2.54. The van der Waals surface area contributed by atoms with Gasteiger partial charge in [0, 0.05) is 16.9 Å². The van der Waals surface area contributed by atoms with E-state index in [9.17, 15) is 4.79 Å². The van der Waals surface area contributed by atoms with Crippen LogP contribution >= 0.6 is 0 Å². The van der Waals surface area contributed by atoms with Gasteiger partial charge < -0.3 is 15.8 Å². The predicted octanol–water partition coefficient (Wildman–Crippen LogP) is 1.67. The number of benzene rings is 1. The monoisotopic (exact) mass is 286 g/mol. The molecule has 0 spiro atoms. The van der Waals surface area contributed by atoms with Crippen LogP contribution in [-0.4, -0.2) is 16.0 Å². The number of carbonyl (C=O) groups is 1. The molecule has 1 aromatic carbocycles. The Labute approximate surface area is 123 Å². The Morgan fingerprint density at radius 2 is 2.00 bits per heavy atom. The summed E-state index contributed by atoms with van der Waals surface area (Å²) >= 11 is 0. The summed E-state index contributed by atoms with van der Waals surface area (Å²) in [5.41, 5.74) is 5.18. The van der Waals surface area contributed by atoms with E-state index in [2.05, 4.69) is 15.7 Å². The first-order chi connectivity index (χ1) is 10.2. The first-order valence-electron chi connectivity index (χ1n) is 6.65. The molecule has 0 fully saturated rings. The molecule has 6 nitrogen and oxygen atoms in total. The van der Waals surface area contributed by atoms with E-state index >= 15 is 0 Å². The van der Waals surface area contributed by atoms with Crippen LogP contribution in [0.4, 0.5) is 11.5 Å². The van der Waals surface area contributed by atoms with Crippen molar-refractivity contribution in [1.82, 2.24) is 4.98 Å². The van der Waals surface area contributed by atoms with Gasteiger partial charge in [0.25, 0.3) is 5.91 Å². The fourth-order valence-corrected chi connectivity index (χ4v) is 1.87. The molecular formula is C15H18N4O2. The minimum absolute atomic E-state index is 0.0238. The topological polar surface area (TPSA) is 100 Å². The molecule has 6 heteroatoms. The molecule has 0 bridgehead atoms. The third-order valence-corrected chi connectivity index (χ3v) is 3.05. The van der Waals surface area contributed by atoms with E-state index in [1.165, 1.54) is 0 Å². The van der Waals surface area contributed by atoms with Crippen LogP contribution in [0.25, 0.3) is 0 Å². The van der Waals surface area contributed by atoms with Crippen molar-refractivity contribution in [2.24, 2.45) is 5.84 Å². The minimum atomic E-state index is -0.236. The van der Waals surface area contributed by atoms with Crippen LogP contribution in [0.5, 0.6) is 0 Å². The van der Waals surface area contributed by atoms with Crippen LogP contribution in [0, 0.1) is 0 Å². The molecular weight excluding hydrogens is 268 g/mol. The Bertz CT molecular complexity index is 604. The van der Waals surface area contributed by atoms with E-state index in [0.717, 1.165) is 11.3 Å². The van der Waals surface area contributed by atoms with E-state index in [0.29, 0.717) is 23.5 Å². The number of aliphatic hydroxyl groups is 1. The normalized spacial score (nSPS) is 10.2. The number of nitrogens with two attached hydrogens (primary N) is 1. The van der Waals surface area contributed by atoms with E-state index in [1.807, 2.05) is 6.92 Å². The number of nitrogen functional groups attached to an aromatic ring is 1. The number of nitrogens with one attached hydrogen (secondary N) is 2. The van der Waals surface area contributed by atoms with Crippen molar-refractivity contribution in [3.8, 4) is 0 Å². The molecule has 0 aliphatic carbocycles. The Hall–Kier alpha value is -2.44. The van der Waals surface area contributed by atoms with Crippen LogP contribution in [0.15, 0.2) is 36.4 Å². The molecule has 0 saturated heterocycles. The highest BCUT2D eigenvalue weighted by atomic mass is 16.3. The highest BCUT2D eigenvalue weighted by Gasteiger charge is 2.09. The van der Waals surface area contributed by atoms with Crippen molar-refractivity contribution in [1.29, 1.82) is 0 Å². The SMILES string of the molecule is CCc1cc(C(=O)Nc2ccc(CO)cc2)cc(NN)n1. The zero-order chi connectivity index (χ0) is 15.2. The summed E-state index contributed by atoms with van der Waals surface area (Å²) in [6.07, 6.45) is 0.709. The molecule has 1 aromatic heterocycles. The third-order valence-electron chi connectivity index (χ3n) is 3.05. The van der Waals surface area contributed by atoms with Crippen LogP contribution in [0.1, 0.15) is 28.5 Å². The highest BCUT2D eigenvalue weighted by molar-refractivity contribution is 6.04. The lowest BCUT2D eigenvalue weighted by Gasteiger charge is -2.09. The predicted molar refractivity (Wildman–Crippen MR) is 81.7 cm³/mol. The van der Waals surface area contributed by atoms with Crippen molar-refractivity contribution in [3.63, 3.8) is 0 Å². The molecule has 0 aliphatic heterocycles. The summed E-state index contributed by atoms with van der Waals surface area (Å²) in [5, 5.41) is 11.8. The highest BCUT2D eigenvalue weighted by Crippen LogP contribution is 2.14. The Morgan fingerprint density at radius 1 is 1.29 bits per heavy atom. The van der Waals surface area contributed by atoms with Gasteiger partial charge in [-0.05, 0) is 36.2 Å². The maximum atomic E-state index is 12.2. The van der Waals surface area contributed by atoms with Gasteiger partial charge in [0.1, 0.15) is 5.82 Å². The van der Waals surface area contributed by atoms with Gasteiger partial charge in [0.15, 0.2) is 0 Å². The number of amides is 1. The lowest BCUT2D eigenvalue weighted by atomic mass is 10.1. The Morgan fingerprint density at radius 3 is 2.57 bits per heavy atom. The number of aryl methyl sites for hydroxylation is 1. The van der Waals surface area contributed by atoms with Gasteiger partial charge in [0.2, 0.25) is 0 Å². The van der Waals surface area contributed by atoms with Crippen LogP contribution in [-0.2, 0) is 13.0 Å².